The highest BCUT2D eigenvalue weighted by molar-refractivity contribution is 9.10. The first-order valence-corrected chi connectivity index (χ1v) is 8.40. The standard InChI is InChI=1S/C16H22BrN3O2/c1-3-20-8-4-5-13(20)10-18-15(21)16(22)19-12-6-7-14(17)11(2)9-12/h6-7,9,13H,3-5,8,10H2,1-2H3,(H,18,21)(H,19,22)/t13-/m0/s1. The Hall–Kier alpha value is -1.40. The number of hydrogen-bond donors (Lipinski definition) is 2. The van der Waals surface area contributed by atoms with Gasteiger partial charge in [-0.05, 0) is 56.6 Å². The van der Waals surface area contributed by atoms with Crippen LogP contribution in [0.25, 0.3) is 0 Å². The molecule has 0 aliphatic carbocycles. The molecule has 2 rings (SSSR count). The molecule has 0 spiro atoms. The number of halogens is 1. The molecule has 1 atom stereocenters. The van der Waals surface area contributed by atoms with E-state index in [4.69, 9.17) is 0 Å². The van der Waals surface area contributed by atoms with Crippen LogP contribution < -0.4 is 10.6 Å². The van der Waals surface area contributed by atoms with Gasteiger partial charge in [-0.2, -0.15) is 0 Å². The summed E-state index contributed by atoms with van der Waals surface area (Å²) in [4.78, 5) is 26.1. The summed E-state index contributed by atoms with van der Waals surface area (Å²) in [6, 6.07) is 5.78. The number of benzene rings is 1. The van der Waals surface area contributed by atoms with Crippen molar-refractivity contribution >= 4 is 33.4 Å². The largest absolute Gasteiger partial charge is 0.346 e. The lowest BCUT2D eigenvalue weighted by atomic mass is 10.2. The highest BCUT2D eigenvalue weighted by atomic mass is 79.9. The predicted molar refractivity (Wildman–Crippen MR) is 90.8 cm³/mol. The van der Waals surface area contributed by atoms with Crippen LogP contribution in [0.3, 0.4) is 0 Å². The second kappa shape index (κ2) is 7.74. The number of hydrogen-bond acceptors (Lipinski definition) is 3. The quantitative estimate of drug-likeness (QED) is 0.802. The molecule has 0 unspecified atom stereocenters. The number of likely N-dealkylation sites (tertiary alicyclic amines) is 1. The fourth-order valence-corrected chi connectivity index (χ4v) is 2.99. The van der Waals surface area contributed by atoms with E-state index < -0.39 is 11.8 Å². The van der Waals surface area contributed by atoms with Gasteiger partial charge in [-0.3, -0.25) is 14.5 Å². The molecule has 1 fully saturated rings. The molecule has 1 aromatic carbocycles. The molecular formula is C16H22BrN3O2. The molecule has 2 amide bonds. The van der Waals surface area contributed by atoms with Crippen molar-refractivity contribution in [3.8, 4) is 0 Å². The predicted octanol–water partition coefficient (Wildman–Crippen LogP) is 2.30. The molecule has 1 heterocycles. The summed E-state index contributed by atoms with van der Waals surface area (Å²) >= 11 is 3.40. The molecule has 5 nitrogen and oxygen atoms in total. The Labute approximate surface area is 139 Å². The monoisotopic (exact) mass is 367 g/mol. The van der Waals surface area contributed by atoms with Crippen molar-refractivity contribution in [3.63, 3.8) is 0 Å². The molecule has 2 N–H and O–H groups in total. The molecule has 1 aliphatic rings. The fraction of sp³-hybridized carbons (Fsp3) is 0.500. The normalized spacial score (nSPS) is 18.2. The van der Waals surface area contributed by atoms with Gasteiger partial charge in [0, 0.05) is 22.7 Å². The van der Waals surface area contributed by atoms with E-state index in [2.05, 4.69) is 38.4 Å². The van der Waals surface area contributed by atoms with Crippen LogP contribution in [0, 0.1) is 6.92 Å². The number of nitrogens with zero attached hydrogens (tertiary/aromatic N) is 1. The zero-order valence-electron chi connectivity index (χ0n) is 13.0. The molecule has 6 heteroatoms. The van der Waals surface area contributed by atoms with Crippen LogP contribution in [0.15, 0.2) is 22.7 Å². The lowest BCUT2D eigenvalue weighted by Crippen LogP contribution is -2.43. The summed E-state index contributed by atoms with van der Waals surface area (Å²) in [6.07, 6.45) is 2.22. The minimum absolute atomic E-state index is 0.344. The first kappa shape index (κ1) is 17.0. The minimum atomic E-state index is -0.622. The summed E-state index contributed by atoms with van der Waals surface area (Å²) in [7, 11) is 0. The smallest absolute Gasteiger partial charge is 0.313 e. The van der Waals surface area contributed by atoms with Gasteiger partial charge in [-0.1, -0.05) is 22.9 Å². The van der Waals surface area contributed by atoms with Gasteiger partial charge < -0.3 is 10.6 Å². The van der Waals surface area contributed by atoms with Gasteiger partial charge in [0.15, 0.2) is 0 Å². The molecule has 0 saturated carbocycles. The van der Waals surface area contributed by atoms with E-state index in [0.717, 1.165) is 36.0 Å². The van der Waals surface area contributed by atoms with Crippen molar-refractivity contribution < 1.29 is 9.59 Å². The molecule has 120 valence electrons. The van der Waals surface area contributed by atoms with Crippen LogP contribution in [-0.2, 0) is 9.59 Å². The zero-order chi connectivity index (χ0) is 16.1. The van der Waals surface area contributed by atoms with Crippen LogP contribution in [0.5, 0.6) is 0 Å². The van der Waals surface area contributed by atoms with Gasteiger partial charge in [0.25, 0.3) is 0 Å². The topological polar surface area (TPSA) is 61.4 Å². The highest BCUT2D eigenvalue weighted by Crippen LogP contribution is 2.20. The lowest BCUT2D eigenvalue weighted by Gasteiger charge is -2.22. The SMILES string of the molecule is CCN1CCC[C@H]1CNC(=O)C(=O)Nc1ccc(Br)c(C)c1. The second-order valence-corrected chi connectivity index (χ2v) is 6.41. The zero-order valence-corrected chi connectivity index (χ0v) is 14.6. The summed E-state index contributed by atoms with van der Waals surface area (Å²) in [6.45, 7) is 6.62. The molecule has 0 aromatic heterocycles. The van der Waals surface area contributed by atoms with Gasteiger partial charge in [-0.25, -0.2) is 0 Å². The Bertz CT molecular complexity index is 562. The van der Waals surface area contributed by atoms with Crippen LogP contribution >= 0.6 is 15.9 Å². The van der Waals surface area contributed by atoms with Crippen molar-refractivity contribution in [1.82, 2.24) is 10.2 Å². The van der Waals surface area contributed by atoms with Crippen molar-refractivity contribution in [3.05, 3.63) is 28.2 Å². The summed E-state index contributed by atoms with van der Waals surface area (Å²) in [5, 5.41) is 5.36. The summed E-state index contributed by atoms with van der Waals surface area (Å²) in [5.74, 6) is -1.20. The van der Waals surface area contributed by atoms with Gasteiger partial charge in [0.05, 0.1) is 0 Å². The number of aryl methyl sites for hydroxylation is 1. The maximum absolute atomic E-state index is 11.9. The molecular weight excluding hydrogens is 346 g/mol. The van der Waals surface area contributed by atoms with Crippen molar-refractivity contribution in [1.29, 1.82) is 0 Å². The van der Waals surface area contributed by atoms with E-state index in [1.54, 1.807) is 6.07 Å². The fourth-order valence-electron chi connectivity index (χ4n) is 2.74. The third-order valence-corrected chi connectivity index (χ3v) is 4.92. The lowest BCUT2D eigenvalue weighted by molar-refractivity contribution is -0.136. The number of likely N-dealkylation sites (N-methyl/N-ethyl adjacent to an activating group) is 1. The number of nitrogens with one attached hydrogen (secondary N) is 2. The van der Waals surface area contributed by atoms with Crippen molar-refractivity contribution in [2.45, 2.75) is 32.7 Å². The number of anilines is 1. The Morgan fingerprint density at radius 3 is 2.82 bits per heavy atom. The summed E-state index contributed by atoms with van der Waals surface area (Å²) in [5.41, 5.74) is 1.62. The van der Waals surface area contributed by atoms with Gasteiger partial charge in [0.1, 0.15) is 0 Å². The van der Waals surface area contributed by atoms with Gasteiger partial charge in [-0.15, -0.1) is 0 Å². The number of carbonyl (C=O) groups excluding carboxylic acids is 2. The first-order valence-electron chi connectivity index (χ1n) is 7.60. The van der Waals surface area contributed by atoms with Crippen molar-refractivity contribution in [2.24, 2.45) is 0 Å². The number of amides is 2. The van der Waals surface area contributed by atoms with E-state index in [0.29, 0.717) is 18.3 Å². The van der Waals surface area contributed by atoms with Gasteiger partial charge >= 0.3 is 11.8 Å². The molecule has 22 heavy (non-hydrogen) atoms. The molecule has 1 saturated heterocycles. The van der Waals surface area contributed by atoms with E-state index in [-0.39, 0.29) is 0 Å². The van der Waals surface area contributed by atoms with E-state index in [1.165, 1.54) is 0 Å². The van der Waals surface area contributed by atoms with Crippen LogP contribution in [0.2, 0.25) is 0 Å². The molecule has 1 aromatic rings. The van der Waals surface area contributed by atoms with Crippen LogP contribution in [0.4, 0.5) is 5.69 Å². The Morgan fingerprint density at radius 2 is 2.14 bits per heavy atom. The number of carbonyl (C=O) groups is 2. The minimum Gasteiger partial charge on any atom is -0.346 e. The highest BCUT2D eigenvalue weighted by Gasteiger charge is 2.24. The van der Waals surface area contributed by atoms with E-state index in [9.17, 15) is 9.59 Å². The van der Waals surface area contributed by atoms with E-state index >= 15 is 0 Å². The Kier molecular flexibility index (Phi) is 5.97. The second-order valence-electron chi connectivity index (χ2n) is 5.55. The summed E-state index contributed by atoms with van der Waals surface area (Å²) < 4.78 is 0.968. The van der Waals surface area contributed by atoms with Crippen molar-refractivity contribution in [2.75, 3.05) is 25.0 Å². The number of rotatable bonds is 4. The third kappa shape index (κ3) is 4.30. The third-order valence-electron chi connectivity index (χ3n) is 4.03. The maximum Gasteiger partial charge on any atom is 0.313 e. The molecule has 0 radical (unpaired) electrons. The van der Waals surface area contributed by atoms with Crippen LogP contribution in [-0.4, -0.2) is 42.4 Å². The van der Waals surface area contributed by atoms with E-state index in [1.807, 2.05) is 19.1 Å². The Balaban J connectivity index is 1.84. The molecule has 1 aliphatic heterocycles. The molecule has 0 bridgehead atoms. The van der Waals surface area contributed by atoms with Crippen LogP contribution in [0.1, 0.15) is 25.3 Å². The van der Waals surface area contributed by atoms with Gasteiger partial charge in [0.2, 0.25) is 0 Å². The Morgan fingerprint density at radius 1 is 1.36 bits per heavy atom. The first-order chi connectivity index (χ1) is 10.5. The average molecular weight is 368 g/mol. The average Bonchev–Trinajstić information content (AvgIpc) is 2.96. The maximum atomic E-state index is 11.9.